The van der Waals surface area contributed by atoms with E-state index in [1.54, 1.807) is 30.3 Å². The van der Waals surface area contributed by atoms with Gasteiger partial charge in [0.1, 0.15) is 5.58 Å². The number of Topliss-reactive ketones (excluding diaryl/α,β-unsaturated/α-hetero) is 1. The lowest BCUT2D eigenvalue weighted by atomic mass is 10.1. The van der Waals surface area contributed by atoms with Crippen molar-refractivity contribution in [3.05, 3.63) is 70.4 Å². The summed E-state index contributed by atoms with van der Waals surface area (Å²) in [7, 11) is 0. The first-order valence-corrected chi connectivity index (χ1v) is 8.52. The van der Waals surface area contributed by atoms with Gasteiger partial charge in [-0.15, -0.1) is 0 Å². The van der Waals surface area contributed by atoms with E-state index < -0.39 is 5.97 Å². The summed E-state index contributed by atoms with van der Waals surface area (Å²) in [5.41, 5.74) is 1.60. The number of ether oxygens (including phenoxy) is 2. The fraction of sp³-hybridized carbons (Fsp3) is 0.200. The number of carbonyl (C=O) groups is 2. The Hall–Kier alpha value is -2.63. The second-order valence-corrected chi connectivity index (χ2v) is 5.99. The largest absolute Gasteiger partial charge is 0.451 e. The molecule has 6 heteroatoms. The molecule has 0 fully saturated rings. The SMILES string of the molecule is CCOCc1c(C(=O)OCC(=O)c2ccc(Cl)cc2)oc2ccccc12. The molecule has 26 heavy (non-hydrogen) atoms. The van der Waals surface area contributed by atoms with Crippen LogP contribution in [0.2, 0.25) is 5.02 Å². The number of halogens is 1. The van der Waals surface area contributed by atoms with Gasteiger partial charge in [0, 0.05) is 28.1 Å². The summed E-state index contributed by atoms with van der Waals surface area (Å²) in [5, 5.41) is 1.32. The third-order valence-corrected chi connectivity index (χ3v) is 4.09. The molecule has 3 aromatic rings. The Morgan fingerprint density at radius 2 is 1.81 bits per heavy atom. The highest BCUT2D eigenvalue weighted by atomic mass is 35.5. The fourth-order valence-electron chi connectivity index (χ4n) is 2.53. The normalized spacial score (nSPS) is 10.8. The van der Waals surface area contributed by atoms with E-state index in [-0.39, 0.29) is 24.8 Å². The topological polar surface area (TPSA) is 65.7 Å². The third kappa shape index (κ3) is 3.95. The van der Waals surface area contributed by atoms with E-state index >= 15 is 0 Å². The second kappa shape index (κ2) is 8.17. The van der Waals surface area contributed by atoms with Crippen LogP contribution in [0.25, 0.3) is 11.0 Å². The van der Waals surface area contributed by atoms with Crippen LogP contribution in [0.4, 0.5) is 0 Å². The van der Waals surface area contributed by atoms with Crippen molar-refractivity contribution in [2.24, 2.45) is 0 Å². The molecule has 134 valence electrons. The van der Waals surface area contributed by atoms with Crippen LogP contribution in [-0.2, 0) is 16.1 Å². The number of fused-ring (bicyclic) bond motifs is 1. The van der Waals surface area contributed by atoms with Crippen molar-refractivity contribution in [3.8, 4) is 0 Å². The molecule has 0 amide bonds. The molecule has 0 radical (unpaired) electrons. The van der Waals surface area contributed by atoms with Crippen LogP contribution in [0.3, 0.4) is 0 Å². The van der Waals surface area contributed by atoms with Gasteiger partial charge in [-0.3, -0.25) is 4.79 Å². The Morgan fingerprint density at radius 1 is 1.08 bits per heavy atom. The van der Waals surface area contributed by atoms with E-state index in [1.165, 1.54) is 0 Å². The lowest BCUT2D eigenvalue weighted by Gasteiger charge is -2.05. The van der Waals surface area contributed by atoms with Crippen molar-refractivity contribution >= 4 is 34.3 Å². The van der Waals surface area contributed by atoms with Gasteiger partial charge in [-0.1, -0.05) is 29.8 Å². The number of esters is 1. The Labute approximate surface area is 155 Å². The number of para-hydroxylation sites is 1. The van der Waals surface area contributed by atoms with E-state index in [0.29, 0.717) is 28.3 Å². The van der Waals surface area contributed by atoms with Crippen molar-refractivity contribution in [2.75, 3.05) is 13.2 Å². The highest BCUT2D eigenvalue weighted by molar-refractivity contribution is 6.30. The molecular formula is C20H17ClO5. The van der Waals surface area contributed by atoms with Crippen LogP contribution in [0.5, 0.6) is 0 Å². The summed E-state index contributed by atoms with van der Waals surface area (Å²) in [5.74, 6) is -0.959. The maximum absolute atomic E-state index is 12.4. The van der Waals surface area contributed by atoms with Gasteiger partial charge < -0.3 is 13.9 Å². The van der Waals surface area contributed by atoms with E-state index in [4.69, 9.17) is 25.5 Å². The van der Waals surface area contributed by atoms with Crippen LogP contribution in [0, 0.1) is 0 Å². The molecule has 0 aliphatic rings. The van der Waals surface area contributed by atoms with Crippen molar-refractivity contribution in [3.63, 3.8) is 0 Å². The number of benzene rings is 2. The molecule has 0 unspecified atom stereocenters. The standard InChI is InChI=1S/C20H17ClO5/c1-2-24-11-16-15-5-3-4-6-18(15)26-19(16)20(23)25-12-17(22)13-7-9-14(21)10-8-13/h3-10H,2,11-12H2,1H3. The summed E-state index contributed by atoms with van der Waals surface area (Å²) < 4.78 is 16.2. The molecule has 0 N–H and O–H groups in total. The van der Waals surface area contributed by atoms with Crippen LogP contribution in [0.15, 0.2) is 52.9 Å². The quantitative estimate of drug-likeness (QED) is 0.445. The number of carbonyl (C=O) groups excluding carboxylic acids is 2. The highest BCUT2D eigenvalue weighted by Gasteiger charge is 2.22. The number of furan rings is 1. The van der Waals surface area contributed by atoms with E-state index in [0.717, 1.165) is 5.39 Å². The molecule has 1 heterocycles. The zero-order valence-corrected chi connectivity index (χ0v) is 14.9. The van der Waals surface area contributed by atoms with E-state index in [1.807, 2.05) is 25.1 Å². The summed E-state index contributed by atoms with van der Waals surface area (Å²) >= 11 is 5.80. The minimum Gasteiger partial charge on any atom is -0.451 e. The van der Waals surface area contributed by atoms with Gasteiger partial charge in [-0.2, -0.15) is 0 Å². The minimum atomic E-state index is -0.696. The molecular weight excluding hydrogens is 356 g/mol. The van der Waals surface area contributed by atoms with E-state index in [2.05, 4.69) is 0 Å². The van der Waals surface area contributed by atoms with E-state index in [9.17, 15) is 9.59 Å². The molecule has 0 saturated heterocycles. The molecule has 0 atom stereocenters. The zero-order valence-electron chi connectivity index (χ0n) is 14.2. The maximum atomic E-state index is 12.4. The summed E-state index contributed by atoms with van der Waals surface area (Å²) in [6.07, 6.45) is 0. The second-order valence-electron chi connectivity index (χ2n) is 5.55. The minimum absolute atomic E-state index is 0.0588. The lowest BCUT2D eigenvalue weighted by Crippen LogP contribution is -2.15. The third-order valence-electron chi connectivity index (χ3n) is 3.83. The van der Waals surface area contributed by atoms with Crippen molar-refractivity contribution in [1.82, 2.24) is 0 Å². The first-order valence-electron chi connectivity index (χ1n) is 8.14. The molecule has 0 spiro atoms. The van der Waals surface area contributed by atoms with Crippen LogP contribution in [0.1, 0.15) is 33.4 Å². The average molecular weight is 373 g/mol. The van der Waals surface area contributed by atoms with Gasteiger partial charge in [0.15, 0.2) is 12.4 Å². The first kappa shape index (κ1) is 18.2. The average Bonchev–Trinajstić information content (AvgIpc) is 3.03. The zero-order chi connectivity index (χ0) is 18.5. The van der Waals surface area contributed by atoms with Gasteiger partial charge in [0.2, 0.25) is 5.76 Å². The van der Waals surface area contributed by atoms with Crippen LogP contribution >= 0.6 is 11.6 Å². The lowest BCUT2D eigenvalue weighted by molar-refractivity contribution is 0.0439. The first-order chi connectivity index (χ1) is 12.6. The van der Waals surface area contributed by atoms with Crippen molar-refractivity contribution < 1.29 is 23.5 Å². The van der Waals surface area contributed by atoms with Gasteiger partial charge in [0.05, 0.1) is 6.61 Å². The molecule has 0 saturated carbocycles. The van der Waals surface area contributed by atoms with Gasteiger partial charge in [0.25, 0.3) is 0 Å². The summed E-state index contributed by atoms with van der Waals surface area (Å²) in [4.78, 5) is 24.6. The predicted octanol–water partition coefficient (Wildman–Crippen LogP) is 4.66. The predicted molar refractivity (Wildman–Crippen MR) is 97.6 cm³/mol. The highest BCUT2D eigenvalue weighted by Crippen LogP contribution is 2.27. The molecule has 2 aromatic carbocycles. The molecule has 1 aromatic heterocycles. The Morgan fingerprint density at radius 3 is 2.54 bits per heavy atom. The maximum Gasteiger partial charge on any atom is 0.375 e. The Kier molecular flexibility index (Phi) is 5.71. The summed E-state index contributed by atoms with van der Waals surface area (Å²) in [6.45, 7) is 2.21. The number of ketones is 1. The molecule has 5 nitrogen and oxygen atoms in total. The van der Waals surface area contributed by atoms with Gasteiger partial charge >= 0.3 is 5.97 Å². The summed E-state index contributed by atoms with van der Waals surface area (Å²) in [6, 6.07) is 13.7. The number of hydrogen-bond acceptors (Lipinski definition) is 5. The van der Waals surface area contributed by atoms with Gasteiger partial charge in [-0.05, 0) is 37.3 Å². The monoisotopic (exact) mass is 372 g/mol. The van der Waals surface area contributed by atoms with Crippen molar-refractivity contribution in [1.29, 1.82) is 0 Å². The Bertz CT molecular complexity index is 927. The van der Waals surface area contributed by atoms with Crippen molar-refractivity contribution in [2.45, 2.75) is 13.5 Å². The smallest absolute Gasteiger partial charge is 0.375 e. The molecule has 3 rings (SSSR count). The van der Waals surface area contributed by atoms with Crippen LogP contribution in [-0.4, -0.2) is 25.0 Å². The molecule has 0 aliphatic heterocycles. The fourth-order valence-corrected chi connectivity index (χ4v) is 2.65. The van der Waals surface area contributed by atoms with Gasteiger partial charge in [-0.25, -0.2) is 4.79 Å². The number of rotatable bonds is 7. The Balaban J connectivity index is 1.76. The van der Waals surface area contributed by atoms with Crippen LogP contribution < -0.4 is 0 Å². The molecule has 0 bridgehead atoms. The molecule has 0 aliphatic carbocycles. The number of hydrogen-bond donors (Lipinski definition) is 0.